The number of ketones is 1. The Morgan fingerprint density at radius 2 is 1.94 bits per heavy atom. The fourth-order valence-electron chi connectivity index (χ4n) is 2.52. The maximum atomic E-state index is 12.1. The fourth-order valence-corrected chi connectivity index (χ4v) is 2.52. The molecule has 17 heavy (non-hydrogen) atoms. The molecule has 2 heteroatoms. The summed E-state index contributed by atoms with van der Waals surface area (Å²) in [5.41, 5.74) is 5.49. The molecule has 0 atom stereocenters. The Morgan fingerprint density at radius 1 is 1.24 bits per heavy atom. The Morgan fingerprint density at radius 3 is 2.53 bits per heavy atom. The van der Waals surface area contributed by atoms with Crippen LogP contribution in [-0.2, 0) is 6.42 Å². The van der Waals surface area contributed by atoms with Crippen LogP contribution in [0.4, 0.5) is 0 Å². The summed E-state index contributed by atoms with van der Waals surface area (Å²) in [6.45, 7) is 8.17. The van der Waals surface area contributed by atoms with E-state index in [1.165, 1.54) is 11.1 Å². The SMILES string of the molecule is CCC(=O)c1c(CC)[nH]c2cc(C)cc(C)c12. The van der Waals surface area contributed by atoms with Gasteiger partial charge in [0.1, 0.15) is 0 Å². The standard InChI is InChI=1S/C15H19NO/c1-5-11-15(13(17)6-2)14-10(4)7-9(3)8-12(14)16-11/h7-8,16H,5-6H2,1-4H3. The summed E-state index contributed by atoms with van der Waals surface area (Å²) in [5.74, 6) is 0.236. The first-order valence-electron chi connectivity index (χ1n) is 6.23. The predicted octanol–water partition coefficient (Wildman–Crippen LogP) is 3.94. The highest BCUT2D eigenvalue weighted by molar-refractivity contribution is 6.10. The van der Waals surface area contributed by atoms with E-state index in [0.717, 1.165) is 28.6 Å². The van der Waals surface area contributed by atoms with Crippen LogP contribution in [0.2, 0.25) is 0 Å². The number of H-pyrrole nitrogens is 1. The number of hydrogen-bond acceptors (Lipinski definition) is 1. The molecule has 2 nitrogen and oxygen atoms in total. The molecular formula is C15H19NO. The van der Waals surface area contributed by atoms with Crippen LogP contribution < -0.4 is 0 Å². The van der Waals surface area contributed by atoms with E-state index in [0.29, 0.717) is 6.42 Å². The van der Waals surface area contributed by atoms with E-state index in [9.17, 15) is 4.79 Å². The van der Waals surface area contributed by atoms with Crippen molar-refractivity contribution in [2.45, 2.75) is 40.5 Å². The Balaban J connectivity index is 2.83. The number of hydrogen-bond donors (Lipinski definition) is 1. The molecule has 1 aromatic heterocycles. The smallest absolute Gasteiger partial charge is 0.165 e. The second-order valence-corrected chi connectivity index (χ2v) is 4.61. The van der Waals surface area contributed by atoms with Gasteiger partial charge >= 0.3 is 0 Å². The summed E-state index contributed by atoms with van der Waals surface area (Å²) < 4.78 is 0. The van der Waals surface area contributed by atoms with Crippen LogP contribution in [0.3, 0.4) is 0 Å². The van der Waals surface area contributed by atoms with Crippen molar-refractivity contribution in [3.05, 3.63) is 34.5 Å². The lowest BCUT2D eigenvalue weighted by molar-refractivity contribution is 0.0989. The molecule has 1 heterocycles. The van der Waals surface area contributed by atoms with Crippen LogP contribution in [-0.4, -0.2) is 10.8 Å². The van der Waals surface area contributed by atoms with Gasteiger partial charge in [-0.15, -0.1) is 0 Å². The van der Waals surface area contributed by atoms with Gasteiger partial charge in [-0.2, -0.15) is 0 Å². The molecule has 0 amide bonds. The average molecular weight is 229 g/mol. The number of carbonyl (C=O) groups is 1. The van der Waals surface area contributed by atoms with E-state index >= 15 is 0 Å². The quantitative estimate of drug-likeness (QED) is 0.794. The van der Waals surface area contributed by atoms with Gasteiger partial charge in [0.25, 0.3) is 0 Å². The number of aryl methyl sites for hydroxylation is 3. The zero-order valence-electron chi connectivity index (χ0n) is 11.0. The fraction of sp³-hybridized carbons (Fsp3) is 0.400. The minimum Gasteiger partial charge on any atom is -0.358 e. The highest BCUT2D eigenvalue weighted by Crippen LogP contribution is 2.28. The molecule has 1 aromatic carbocycles. The number of aromatic nitrogens is 1. The van der Waals surface area contributed by atoms with Crippen molar-refractivity contribution in [1.82, 2.24) is 4.98 Å². The van der Waals surface area contributed by atoms with Crippen molar-refractivity contribution < 1.29 is 4.79 Å². The minimum absolute atomic E-state index is 0.236. The molecule has 0 saturated heterocycles. The lowest BCUT2D eigenvalue weighted by atomic mass is 9.99. The molecule has 90 valence electrons. The first-order valence-corrected chi connectivity index (χ1v) is 6.23. The summed E-state index contributed by atoms with van der Waals surface area (Å²) in [7, 11) is 0. The number of benzene rings is 1. The summed E-state index contributed by atoms with van der Waals surface area (Å²) in [6, 6.07) is 4.26. The number of nitrogens with one attached hydrogen (secondary N) is 1. The molecule has 2 rings (SSSR count). The van der Waals surface area contributed by atoms with Crippen LogP contribution in [0.5, 0.6) is 0 Å². The van der Waals surface area contributed by atoms with Gasteiger partial charge in [0.15, 0.2) is 5.78 Å². The van der Waals surface area contributed by atoms with E-state index in [2.05, 4.69) is 37.9 Å². The third-order valence-electron chi connectivity index (χ3n) is 3.27. The number of aromatic amines is 1. The van der Waals surface area contributed by atoms with Crippen LogP contribution >= 0.6 is 0 Å². The Labute approximate surface area is 102 Å². The third kappa shape index (κ3) is 1.88. The summed E-state index contributed by atoms with van der Waals surface area (Å²) in [5, 5.41) is 1.11. The van der Waals surface area contributed by atoms with Gasteiger partial charge < -0.3 is 4.98 Å². The van der Waals surface area contributed by atoms with Crippen LogP contribution in [0.15, 0.2) is 12.1 Å². The largest absolute Gasteiger partial charge is 0.358 e. The van der Waals surface area contributed by atoms with Crippen molar-refractivity contribution >= 4 is 16.7 Å². The van der Waals surface area contributed by atoms with Gasteiger partial charge in [-0.3, -0.25) is 4.79 Å². The van der Waals surface area contributed by atoms with Crippen LogP contribution in [0.1, 0.15) is 47.4 Å². The molecule has 0 fully saturated rings. The highest BCUT2D eigenvalue weighted by Gasteiger charge is 2.17. The molecule has 0 unspecified atom stereocenters. The normalized spacial score (nSPS) is 11.1. The van der Waals surface area contributed by atoms with Crippen molar-refractivity contribution in [2.24, 2.45) is 0 Å². The zero-order chi connectivity index (χ0) is 12.6. The maximum absolute atomic E-state index is 12.1. The third-order valence-corrected chi connectivity index (χ3v) is 3.27. The second kappa shape index (κ2) is 4.36. The van der Waals surface area contributed by atoms with Crippen molar-refractivity contribution in [3.8, 4) is 0 Å². The molecule has 1 N–H and O–H groups in total. The highest BCUT2D eigenvalue weighted by atomic mass is 16.1. The van der Waals surface area contributed by atoms with Gasteiger partial charge in [0, 0.05) is 28.6 Å². The Kier molecular flexibility index (Phi) is 3.05. The molecule has 0 spiro atoms. The van der Waals surface area contributed by atoms with E-state index in [1.807, 2.05) is 6.92 Å². The molecule has 0 bridgehead atoms. The van der Waals surface area contributed by atoms with Crippen LogP contribution in [0, 0.1) is 13.8 Å². The first kappa shape index (κ1) is 11.9. The Bertz CT molecular complexity index is 578. The van der Waals surface area contributed by atoms with Gasteiger partial charge in [-0.25, -0.2) is 0 Å². The van der Waals surface area contributed by atoms with E-state index in [4.69, 9.17) is 0 Å². The van der Waals surface area contributed by atoms with Crippen molar-refractivity contribution in [2.75, 3.05) is 0 Å². The maximum Gasteiger partial charge on any atom is 0.165 e. The molecule has 0 saturated carbocycles. The lowest BCUT2D eigenvalue weighted by Gasteiger charge is -2.03. The molecule has 0 radical (unpaired) electrons. The predicted molar refractivity (Wildman–Crippen MR) is 71.8 cm³/mol. The monoisotopic (exact) mass is 229 g/mol. The van der Waals surface area contributed by atoms with E-state index in [1.54, 1.807) is 0 Å². The topological polar surface area (TPSA) is 32.9 Å². The van der Waals surface area contributed by atoms with Crippen molar-refractivity contribution in [3.63, 3.8) is 0 Å². The number of rotatable bonds is 3. The first-order chi connectivity index (χ1) is 8.08. The molecule has 0 aliphatic rings. The average Bonchev–Trinajstić information content (AvgIpc) is 2.66. The van der Waals surface area contributed by atoms with Gasteiger partial charge in [-0.05, 0) is 37.5 Å². The van der Waals surface area contributed by atoms with Gasteiger partial charge in [0.05, 0.1) is 0 Å². The van der Waals surface area contributed by atoms with E-state index < -0.39 is 0 Å². The molecule has 2 aromatic rings. The second-order valence-electron chi connectivity index (χ2n) is 4.61. The van der Waals surface area contributed by atoms with Gasteiger partial charge in [-0.1, -0.05) is 19.9 Å². The van der Waals surface area contributed by atoms with E-state index in [-0.39, 0.29) is 5.78 Å². The number of carbonyl (C=O) groups excluding carboxylic acids is 1. The minimum atomic E-state index is 0.236. The molecule has 0 aliphatic heterocycles. The summed E-state index contributed by atoms with van der Waals surface area (Å²) >= 11 is 0. The summed E-state index contributed by atoms with van der Waals surface area (Å²) in [4.78, 5) is 15.5. The number of fused-ring (bicyclic) bond motifs is 1. The van der Waals surface area contributed by atoms with Crippen molar-refractivity contribution in [1.29, 1.82) is 0 Å². The zero-order valence-corrected chi connectivity index (χ0v) is 11.0. The van der Waals surface area contributed by atoms with Gasteiger partial charge in [0.2, 0.25) is 0 Å². The summed E-state index contributed by atoms with van der Waals surface area (Å²) in [6.07, 6.45) is 1.43. The molecular weight excluding hydrogens is 210 g/mol. The number of Topliss-reactive ketones (excluding diaryl/α,β-unsaturated/α-hetero) is 1. The molecule has 0 aliphatic carbocycles. The lowest BCUT2D eigenvalue weighted by Crippen LogP contribution is -2.00. The Hall–Kier alpha value is -1.57. The van der Waals surface area contributed by atoms with Crippen LogP contribution in [0.25, 0.3) is 10.9 Å².